The zero-order valence-electron chi connectivity index (χ0n) is 11.3. The number of thiophene rings is 1. The maximum absolute atomic E-state index is 12.2. The van der Waals surface area contributed by atoms with Gasteiger partial charge in [-0.25, -0.2) is 17.9 Å². The Labute approximate surface area is 122 Å². The number of carboxylic acids is 1. The number of rotatable bonds is 6. The standard InChI is InChI=1S/C12H18N2O4S2/c1-9-8-19-10(12(15)16)11(9)20(17,18)13-4-7-14-5-2-3-6-14/h8,13H,2-7H2,1H3,(H,15,16). The maximum Gasteiger partial charge on any atom is 0.347 e. The van der Waals surface area contributed by atoms with Gasteiger partial charge in [-0.3, -0.25) is 0 Å². The third-order valence-corrected chi connectivity index (χ3v) is 6.16. The van der Waals surface area contributed by atoms with E-state index in [-0.39, 0.29) is 9.77 Å². The number of aromatic carboxylic acids is 1. The number of likely N-dealkylation sites (tertiary alicyclic amines) is 1. The highest BCUT2D eigenvalue weighted by Gasteiger charge is 2.26. The number of sulfonamides is 1. The molecule has 0 bridgehead atoms. The van der Waals surface area contributed by atoms with Gasteiger partial charge in [-0.2, -0.15) is 0 Å². The van der Waals surface area contributed by atoms with Crippen molar-refractivity contribution in [1.29, 1.82) is 0 Å². The van der Waals surface area contributed by atoms with Crippen molar-refractivity contribution in [3.05, 3.63) is 15.8 Å². The summed E-state index contributed by atoms with van der Waals surface area (Å²) in [7, 11) is -3.76. The Morgan fingerprint density at radius 1 is 1.45 bits per heavy atom. The van der Waals surface area contributed by atoms with E-state index < -0.39 is 16.0 Å². The predicted octanol–water partition coefficient (Wildman–Crippen LogP) is 1.13. The average Bonchev–Trinajstić information content (AvgIpc) is 2.98. The topological polar surface area (TPSA) is 86.7 Å². The Morgan fingerprint density at radius 2 is 2.10 bits per heavy atom. The maximum atomic E-state index is 12.2. The largest absolute Gasteiger partial charge is 0.477 e. The molecule has 1 fully saturated rings. The summed E-state index contributed by atoms with van der Waals surface area (Å²) in [5.41, 5.74) is 0.473. The third-order valence-electron chi connectivity index (χ3n) is 3.30. The Morgan fingerprint density at radius 3 is 2.70 bits per heavy atom. The van der Waals surface area contributed by atoms with E-state index in [0.29, 0.717) is 18.7 Å². The van der Waals surface area contributed by atoms with E-state index in [1.54, 1.807) is 12.3 Å². The first-order valence-electron chi connectivity index (χ1n) is 6.45. The quantitative estimate of drug-likeness (QED) is 0.821. The molecule has 0 amide bonds. The van der Waals surface area contributed by atoms with Gasteiger partial charge in [0.05, 0.1) is 0 Å². The first-order valence-corrected chi connectivity index (χ1v) is 8.81. The highest BCUT2D eigenvalue weighted by Crippen LogP contribution is 2.26. The molecule has 20 heavy (non-hydrogen) atoms. The van der Waals surface area contributed by atoms with Gasteiger partial charge in [0.2, 0.25) is 10.0 Å². The van der Waals surface area contributed by atoms with E-state index in [4.69, 9.17) is 5.11 Å². The van der Waals surface area contributed by atoms with Crippen LogP contribution in [0.4, 0.5) is 0 Å². The summed E-state index contributed by atoms with van der Waals surface area (Å²) < 4.78 is 27.0. The van der Waals surface area contributed by atoms with Gasteiger partial charge < -0.3 is 10.0 Å². The fourth-order valence-corrected chi connectivity index (χ4v) is 4.98. The van der Waals surface area contributed by atoms with Crippen molar-refractivity contribution in [2.45, 2.75) is 24.7 Å². The molecular formula is C12H18N2O4S2. The molecule has 8 heteroatoms. The van der Waals surface area contributed by atoms with Crippen molar-refractivity contribution in [3.8, 4) is 0 Å². The van der Waals surface area contributed by atoms with Crippen LogP contribution in [0.5, 0.6) is 0 Å². The predicted molar refractivity (Wildman–Crippen MR) is 76.9 cm³/mol. The molecule has 0 radical (unpaired) electrons. The number of hydrogen-bond donors (Lipinski definition) is 2. The van der Waals surface area contributed by atoms with Gasteiger partial charge in [-0.05, 0) is 43.8 Å². The van der Waals surface area contributed by atoms with Crippen molar-refractivity contribution in [3.63, 3.8) is 0 Å². The van der Waals surface area contributed by atoms with Gasteiger partial charge in [0.1, 0.15) is 9.77 Å². The monoisotopic (exact) mass is 318 g/mol. The van der Waals surface area contributed by atoms with Crippen LogP contribution in [0.15, 0.2) is 10.3 Å². The molecule has 2 heterocycles. The molecule has 0 saturated carbocycles. The van der Waals surface area contributed by atoms with Crippen molar-refractivity contribution < 1.29 is 18.3 Å². The summed E-state index contributed by atoms with van der Waals surface area (Å²) in [6.45, 7) is 4.57. The smallest absolute Gasteiger partial charge is 0.347 e. The fraction of sp³-hybridized carbons (Fsp3) is 0.583. The van der Waals surface area contributed by atoms with E-state index in [1.165, 1.54) is 0 Å². The van der Waals surface area contributed by atoms with Gasteiger partial charge in [0, 0.05) is 13.1 Å². The lowest BCUT2D eigenvalue weighted by Crippen LogP contribution is -2.34. The van der Waals surface area contributed by atoms with Crippen LogP contribution in [-0.2, 0) is 10.0 Å². The summed E-state index contributed by atoms with van der Waals surface area (Å²) in [6.07, 6.45) is 2.30. The molecule has 0 atom stereocenters. The minimum atomic E-state index is -3.76. The zero-order valence-corrected chi connectivity index (χ0v) is 12.9. The first kappa shape index (κ1) is 15.4. The van der Waals surface area contributed by atoms with Crippen LogP contribution in [0, 0.1) is 6.92 Å². The fourth-order valence-electron chi connectivity index (χ4n) is 2.33. The van der Waals surface area contributed by atoms with Crippen molar-refractivity contribution >= 4 is 27.3 Å². The first-order chi connectivity index (χ1) is 9.42. The summed E-state index contributed by atoms with van der Waals surface area (Å²) >= 11 is 0.941. The van der Waals surface area contributed by atoms with Gasteiger partial charge in [0.25, 0.3) is 0 Å². The van der Waals surface area contributed by atoms with E-state index in [0.717, 1.165) is 37.3 Å². The second kappa shape index (κ2) is 6.21. The van der Waals surface area contributed by atoms with Crippen LogP contribution in [-0.4, -0.2) is 50.6 Å². The molecule has 0 unspecified atom stereocenters. The van der Waals surface area contributed by atoms with E-state index in [2.05, 4.69) is 9.62 Å². The van der Waals surface area contributed by atoms with Crippen LogP contribution in [0.3, 0.4) is 0 Å². The normalized spacial score (nSPS) is 16.6. The van der Waals surface area contributed by atoms with Gasteiger partial charge in [0.15, 0.2) is 0 Å². The molecular weight excluding hydrogens is 300 g/mol. The summed E-state index contributed by atoms with van der Waals surface area (Å²) in [5, 5.41) is 10.6. The Bertz CT molecular complexity index is 589. The molecule has 112 valence electrons. The average molecular weight is 318 g/mol. The molecule has 6 nitrogen and oxygen atoms in total. The molecule has 2 rings (SSSR count). The Balaban J connectivity index is 2.06. The molecule has 2 N–H and O–H groups in total. The molecule has 1 saturated heterocycles. The molecule has 1 aliphatic heterocycles. The van der Waals surface area contributed by atoms with Gasteiger partial charge in [-0.1, -0.05) is 0 Å². The third kappa shape index (κ3) is 3.38. The lowest BCUT2D eigenvalue weighted by atomic mass is 10.3. The lowest BCUT2D eigenvalue weighted by molar-refractivity contribution is 0.0698. The highest BCUT2D eigenvalue weighted by atomic mass is 32.2. The second-order valence-electron chi connectivity index (χ2n) is 4.83. The van der Waals surface area contributed by atoms with Crippen LogP contribution < -0.4 is 4.72 Å². The number of hydrogen-bond acceptors (Lipinski definition) is 5. The molecule has 0 aliphatic carbocycles. The minimum Gasteiger partial charge on any atom is -0.477 e. The molecule has 0 spiro atoms. The molecule has 1 aliphatic rings. The number of nitrogens with zero attached hydrogens (tertiary/aromatic N) is 1. The molecule has 1 aromatic heterocycles. The SMILES string of the molecule is Cc1csc(C(=O)O)c1S(=O)(=O)NCCN1CCCC1. The summed E-state index contributed by atoms with van der Waals surface area (Å²) in [5.74, 6) is -1.21. The van der Waals surface area contributed by atoms with Crippen LogP contribution >= 0.6 is 11.3 Å². The number of carboxylic acid groups (broad SMARTS) is 1. The van der Waals surface area contributed by atoms with Gasteiger partial charge >= 0.3 is 5.97 Å². The van der Waals surface area contributed by atoms with E-state index in [1.807, 2.05) is 0 Å². The van der Waals surface area contributed by atoms with Gasteiger partial charge in [-0.15, -0.1) is 11.3 Å². The Kier molecular flexibility index (Phi) is 4.79. The lowest BCUT2D eigenvalue weighted by Gasteiger charge is -2.15. The highest BCUT2D eigenvalue weighted by molar-refractivity contribution is 7.89. The second-order valence-corrected chi connectivity index (χ2v) is 7.41. The van der Waals surface area contributed by atoms with Crippen LogP contribution in [0.1, 0.15) is 28.1 Å². The molecule has 1 aromatic rings. The van der Waals surface area contributed by atoms with Crippen molar-refractivity contribution in [1.82, 2.24) is 9.62 Å². The van der Waals surface area contributed by atoms with Crippen molar-refractivity contribution in [2.24, 2.45) is 0 Å². The van der Waals surface area contributed by atoms with Crippen LogP contribution in [0.2, 0.25) is 0 Å². The van der Waals surface area contributed by atoms with E-state index in [9.17, 15) is 13.2 Å². The van der Waals surface area contributed by atoms with Crippen molar-refractivity contribution in [2.75, 3.05) is 26.2 Å². The minimum absolute atomic E-state index is 0.101. The summed E-state index contributed by atoms with van der Waals surface area (Å²) in [6, 6.07) is 0. The van der Waals surface area contributed by atoms with Crippen LogP contribution in [0.25, 0.3) is 0 Å². The molecule has 0 aromatic carbocycles. The summed E-state index contributed by atoms with van der Waals surface area (Å²) in [4.78, 5) is 13.0. The zero-order chi connectivity index (χ0) is 14.8. The number of carbonyl (C=O) groups is 1. The number of aryl methyl sites for hydroxylation is 1. The Hall–Kier alpha value is -0.960. The van der Waals surface area contributed by atoms with E-state index >= 15 is 0 Å². The number of nitrogens with one attached hydrogen (secondary N) is 1.